The van der Waals surface area contributed by atoms with Gasteiger partial charge in [-0.25, -0.2) is 0 Å². The van der Waals surface area contributed by atoms with E-state index < -0.39 is 12.0 Å². The largest absolute Gasteiger partial charge is 0.480 e. The average molecular weight is 295 g/mol. The smallest absolute Gasteiger partial charge is 0.321 e. The number of nitrogens with two attached hydrogens (primary N) is 1. The molecule has 0 fully saturated rings. The lowest BCUT2D eigenvalue weighted by atomic mass is 9.84. The molecule has 20 heavy (non-hydrogen) atoms. The summed E-state index contributed by atoms with van der Waals surface area (Å²) in [5.74, 6) is 0.312. The van der Waals surface area contributed by atoms with Crippen molar-refractivity contribution in [3.63, 3.8) is 0 Å². The fourth-order valence-corrected chi connectivity index (χ4v) is 3.19. The van der Waals surface area contributed by atoms with Crippen molar-refractivity contribution in [1.82, 2.24) is 0 Å². The van der Waals surface area contributed by atoms with Crippen molar-refractivity contribution in [2.45, 2.75) is 51.8 Å². The highest BCUT2D eigenvalue weighted by atomic mass is 32.2. The maximum Gasteiger partial charge on any atom is 0.321 e. The number of rotatable bonds is 5. The predicted octanol–water partition coefficient (Wildman–Crippen LogP) is 3.25. The second-order valence-electron chi connectivity index (χ2n) is 6.30. The lowest BCUT2D eigenvalue weighted by Gasteiger charge is -2.22. The lowest BCUT2D eigenvalue weighted by molar-refractivity contribution is -0.137. The summed E-state index contributed by atoms with van der Waals surface area (Å²) >= 11 is 1.58. The molecule has 1 rings (SSSR count). The molecule has 1 aromatic rings. The first-order chi connectivity index (χ1) is 9.12. The maximum absolute atomic E-state index is 10.7. The van der Waals surface area contributed by atoms with Crippen LogP contribution in [0.25, 0.3) is 0 Å². The number of aliphatic carboxylic acids is 1. The summed E-state index contributed by atoms with van der Waals surface area (Å²) in [4.78, 5) is 10.7. The monoisotopic (exact) mass is 295 g/mol. The van der Waals surface area contributed by atoms with E-state index in [1.54, 1.807) is 11.8 Å². The highest BCUT2D eigenvalue weighted by molar-refractivity contribution is 7.98. The zero-order valence-corrected chi connectivity index (χ0v) is 13.8. The van der Waals surface area contributed by atoms with E-state index in [0.29, 0.717) is 5.75 Å². The third-order valence-electron chi connectivity index (χ3n) is 3.42. The van der Waals surface area contributed by atoms with Gasteiger partial charge >= 0.3 is 5.97 Å². The van der Waals surface area contributed by atoms with Crippen LogP contribution in [0.2, 0.25) is 0 Å². The molecule has 1 atom stereocenters. The number of carboxylic acids is 1. The minimum atomic E-state index is -0.936. The number of carbonyl (C=O) groups is 1. The van der Waals surface area contributed by atoms with Crippen molar-refractivity contribution in [1.29, 1.82) is 0 Å². The van der Waals surface area contributed by atoms with Crippen molar-refractivity contribution in [3.05, 3.63) is 34.4 Å². The Balaban J connectivity index is 2.80. The Bertz CT molecular complexity index is 469. The van der Waals surface area contributed by atoms with Crippen LogP contribution in [0.1, 0.15) is 43.0 Å². The van der Waals surface area contributed by atoms with Gasteiger partial charge in [-0.15, -0.1) is 0 Å². The number of carboxylic acid groups (broad SMARTS) is 1. The summed E-state index contributed by atoms with van der Waals surface area (Å²) in [5, 5.41) is 8.78. The van der Waals surface area contributed by atoms with E-state index in [-0.39, 0.29) is 5.41 Å². The van der Waals surface area contributed by atoms with Gasteiger partial charge in [0.1, 0.15) is 6.04 Å². The van der Waals surface area contributed by atoms with Crippen molar-refractivity contribution in [2.24, 2.45) is 5.73 Å². The number of thioether (sulfide) groups is 1. The minimum Gasteiger partial charge on any atom is -0.480 e. The molecule has 0 aliphatic carbocycles. The number of aryl methyl sites for hydroxylation is 2. The van der Waals surface area contributed by atoms with Gasteiger partial charge < -0.3 is 10.8 Å². The Kier molecular flexibility index (Phi) is 5.66. The van der Waals surface area contributed by atoms with Gasteiger partial charge in [-0.1, -0.05) is 32.9 Å². The Morgan fingerprint density at radius 1 is 1.30 bits per heavy atom. The van der Waals surface area contributed by atoms with Crippen molar-refractivity contribution < 1.29 is 9.90 Å². The van der Waals surface area contributed by atoms with Gasteiger partial charge in [-0.3, -0.25) is 4.79 Å². The topological polar surface area (TPSA) is 63.3 Å². The van der Waals surface area contributed by atoms with Crippen molar-refractivity contribution in [2.75, 3.05) is 5.75 Å². The summed E-state index contributed by atoms with van der Waals surface area (Å²) in [6.07, 6.45) is 0. The SMILES string of the molecule is Cc1cc(C(C)(C)C)cc(C)c1CSC[C@@H](N)C(=O)O. The predicted molar refractivity (Wildman–Crippen MR) is 86.4 cm³/mol. The molecule has 0 aliphatic heterocycles. The van der Waals surface area contributed by atoms with Crippen LogP contribution >= 0.6 is 11.8 Å². The zero-order chi connectivity index (χ0) is 15.5. The van der Waals surface area contributed by atoms with Crippen LogP contribution in [0.15, 0.2) is 12.1 Å². The molecule has 3 nitrogen and oxygen atoms in total. The second-order valence-corrected chi connectivity index (χ2v) is 7.33. The molecule has 0 amide bonds. The van der Waals surface area contributed by atoms with Crippen LogP contribution in [-0.4, -0.2) is 22.9 Å². The maximum atomic E-state index is 10.7. The molecule has 3 N–H and O–H groups in total. The molecule has 0 unspecified atom stereocenters. The molecule has 0 saturated carbocycles. The first-order valence-electron chi connectivity index (χ1n) is 6.79. The van der Waals surface area contributed by atoms with Gasteiger partial charge in [0, 0.05) is 11.5 Å². The van der Waals surface area contributed by atoms with Crippen LogP contribution in [0.3, 0.4) is 0 Å². The number of benzene rings is 1. The molecular weight excluding hydrogens is 270 g/mol. The Morgan fingerprint density at radius 3 is 2.20 bits per heavy atom. The highest BCUT2D eigenvalue weighted by Crippen LogP contribution is 2.28. The fraction of sp³-hybridized carbons (Fsp3) is 0.562. The molecule has 112 valence electrons. The second kappa shape index (κ2) is 6.64. The quantitative estimate of drug-likeness (QED) is 0.875. The third-order valence-corrected chi connectivity index (χ3v) is 4.51. The molecule has 4 heteroatoms. The molecule has 0 aliphatic rings. The third kappa shape index (κ3) is 4.53. The Labute approximate surface area is 125 Å². The molecule has 0 spiro atoms. The van der Waals surface area contributed by atoms with E-state index in [1.807, 2.05) is 0 Å². The molecule has 1 aromatic carbocycles. The molecule has 0 heterocycles. The number of hydrogen-bond donors (Lipinski definition) is 2. The van der Waals surface area contributed by atoms with Crippen molar-refractivity contribution >= 4 is 17.7 Å². The summed E-state index contributed by atoms with van der Waals surface area (Å²) in [6.45, 7) is 10.9. The van der Waals surface area contributed by atoms with Crippen LogP contribution in [-0.2, 0) is 16.0 Å². The Morgan fingerprint density at radius 2 is 1.80 bits per heavy atom. The summed E-state index contributed by atoms with van der Waals surface area (Å²) in [6, 6.07) is 3.69. The van der Waals surface area contributed by atoms with Gasteiger partial charge in [0.05, 0.1) is 0 Å². The van der Waals surface area contributed by atoms with Gasteiger partial charge in [-0.05, 0) is 41.5 Å². The molecular formula is C16H25NO2S. The van der Waals surface area contributed by atoms with Crippen LogP contribution in [0.5, 0.6) is 0 Å². The van der Waals surface area contributed by atoms with Gasteiger partial charge in [0.25, 0.3) is 0 Å². The van der Waals surface area contributed by atoms with Crippen LogP contribution < -0.4 is 5.73 Å². The summed E-state index contributed by atoms with van der Waals surface area (Å²) < 4.78 is 0. The average Bonchev–Trinajstić information content (AvgIpc) is 2.30. The minimum absolute atomic E-state index is 0.146. The van der Waals surface area contributed by atoms with Gasteiger partial charge in [0.15, 0.2) is 0 Å². The first kappa shape index (κ1) is 17.1. The van der Waals surface area contributed by atoms with Crippen molar-refractivity contribution in [3.8, 4) is 0 Å². The summed E-state index contributed by atoms with van der Waals surface area (Å²) in [5.41, 5.74) is 10.8. The first-order valence-corrected chi connectivity index (χ1v) is 7.95. The van der Waals surface area contributed by atoms with Gasteiger partial charge in [-0.2, -0.15) is 11.8 Å². The van der Waals surface area contributed by atoms with E-state index in [0.717, 1.165) is 5.75 Å². The zero-order valence-electron chi connectivity index (χ0n) is 13.0. The molecule has 0 saturated heterocycles. The molecule has 0 aromatic heterocycles. The highest BCUT2D eigenvalue weighted by Gasteiger charge is 2.17. The van der Waals surface area contributed by atoms with E-state index in [1.165, 1.54) is 22.3 Å². The van der Waals surface area contributed by atoms with Gasteiger partial charge in [0.2, 0.25) is 0 Å². The Hall–Kier alpha value is -1.00. The van der Waals surface area contributed by atoms with E-state index in [9.17, 15) is 4.79 Å². The fourth-order valence-electron chi connectivity index (χ4n) is 2.01. The van der Waals surface area contributed by atoms with E-state index in [4.69, 9.17) is 10.8 Å². The normalized spacial score (nSPS) is 13.3. The molecule has 0 bridgehead atoms. The lowest BCUT2D eigenvalue weighted by Crippen LogP contribution is -2.32. The van der Waals surface area contributed by atoms with Crippen LogP contribution in [0.4, 0.5) is 0 Å². The number of hydrogen-bond acceptors (Lipinski definition) is 3. The van der Waals surface area contributed by atoms with E-state index >= 15 is 0 Å². The van der Waals surface area contributed by atoms with Crippen LogP contribution in [0, 0.1) is 13.8 Å². The van der Waals surface area contributed by atoms with E-state index in [2.05, 4.69) is 46.8 Å². The summed E-state index contributed by atoms with van der Waals surface area (Å²) in [7, 11) is 0. The molecule has 0 radical (unpaired) electrons. The standard InChI is InChI=1S/C16H25NO2S/c1-10-6-12(16(3,4)5)7-11(2)13(10)8-20-9-14(17)15(18)19/h6-7,14H,8-9,17H2,1-5H3,(H,18,19)/t14-/m1/s1.